The number of rotatable bonds is 4. The van der Waals surface area contributed by atoms with Gasteiger partial charge in [-0.2, -0.15) is 0 Å². The highest BCUT2D eigenvalue weighted by Crippen LogP contribution is 2.37. The number of aromatic nitrogens is 1. The van der Waals surface area contributed by atoms with E-state index in [9.17, 15) is 4.79 Å². The molecule has 0 bridgehead atoms. The third-order valence-corrected chi connectivity index (χ3v) is 6.08. The van der Waals surface area contributed by atoms with E-state index in [-0.39, 0.29) is 30.7 Å². The SMILES string of the molecule is Cl.Cl.O=C(CCc1ncc(-c2ccccc2Cl)o1)N1CCC2(CCNC2)CC1. The van der Waals surface area contributed by atoms with Crippen molar-refractivity contribution in [3.8, 4) is 11.3 Å². The highest BCUT2D eigenvalue weighted by molar-refractivity contribution is 6.33. The number of amides is 1. The van der Waals surface area contributed by atoms with Gasteiger partial charge in [-0.3, -0.25) is 4.79 Å². The van der Waals surface area contributed by atoms with Crippen LogP contribution in [0.25, 0.3) is 11.3 Å². The third kappa shape index (κ3) is 5.01. The largest absolute Gasteiger partial charge is 0.441 e. The molecule has 5 nitrogen and oxygen atoms in total. The minimum Gasteiger partial charge on any atom is -0.441 e. The van der Waals surface area contributed by atoms with Crippen LogP contribution < -0.4 is 5.32 Å². The molecular weight excluding hydrogens is 421 g/mol. The van der Waals surface area contributed by atoms with Gasteiger partial charge in [-0.15, -0.1) is 24.8 Å². The predicted octanol–water partition coefficient (Wildman–Crippen LogP) is 4.37. The molecule has 2 saturated heterocycles. The van der Waals surface area contributed by atoms with E-state index in [1.54, 1.807) is 6.20 Å². The molecule has 154 valence electrons. The fourth-order valence-corrected chi connectivity index (χ4v) is 4.26. The van der Waals surface area contributed by atoms with Crippen LogP contribution in [-0.4, -0.2) is 42.0 Å². The zero-order chi connectivity index (χ0) is 18.0. The fourth-order valence-electron chi connectivity index (χ4n) is 4.04. The van der Waals surface area contributed by atoms with Crippen LogP contribution >= 0.6 is 36.4 Å². The van der Waals surface area contributed by atoms with Crippen molar-refractivity contribution in [2.45, 2.75) is 32.1 Å². The van der Waals surface area contributed by atoms with Crippen LogP contribution in [0.15, 0.2) is 34.9 Å². The van der Waals surface area contributed by atoms with Crippen molar-refractivity contribution >= 4 is 42.3 Å². The van der Waals surface area contributed by atoms with Gasteiger partial charge in [0.15, 0.2) is 11.7 Å². The summed E-state index contributed by atoms with van der Waals surface area (Å²) in [4.78, 5) is 18.8. The number of nitrogens with zero attached hydrogens (tertiary/aromatic N) is 2. The van der Waals surface area contributed by atoms with Crippen molar-refractivity contribution < 1.29 is 9.21 Å². The predicted molar refractivity (Wildman–Crippen MR) is 115 cm³/mol. The number of carbonyl (C=O) groups excluding carboxylic acids is 1. The van der Waals surface area contributed by atoms with Crippen molar-refractivity contribution in [2.24, 2.45) is 5.41 Å². The minimum atomic E-state index is 0. The second-order valence-electron chi connectivity index (χ2n) is 7.41. The molecule has 2 fully saturated rings. The second kappa shape index (κ2) is 9.97. The number of oxazole rings is 1. The lowest BCUT2D eigenvalue weighted by Gasteiger charge is -2.38. The van der Waals surface area contributed by atoms with Crippen LogP contribution in [0.4, 0.5) is 0 Å². The first-order chi connectivity index (χ1) is 12.7. The number of hydrogen-bond donors (Lipinski definition) is 1. The van der Waals surface area contributed by atoms with E-state index in [2.05, 4.69) is 10.3 Å². The Morgan fingerprint density at radius 2 is 1.96 bits per heavy atom. The Kier molecular flexibility index (Phi) is 8.19. The number of nitrogens with one attached hydrogen (secondary N) is 1. The van der Waals surface area contributed by atoms with E-state index in [0.717, 1.165) is 44.6 Å². The molecule has 1 aromatic carbocycles. The maximum atomic E-state index is 12.5. The van der Waals surface area contributed by atoms with Gasteiger partial charge in [-0.1, -0.05) is 23.7 Å². The number of hydrogen-bond acceptors (Lipinski definition) is 4. The maximum absolute atomic E-state index is 12.5. The highest BCUT2D eigenvalue weighted by atomic mass is 35.5. The van der Waals surface area contributed by atoms with Gasteiger partial charge in [0.05, 0.1) is 11.2 Å². The van der Waals surface area contributed by atoms with Crippen molar-refractivity contribution in [1.29, 1.82) is 0 Å². The summed E-state index contributed by atoms with van der Waals surface area (Å²) in [5.74, 6) is 1.43. The van der Waals surface area contributed by atoms with E-state index in [1.807, 2.05) is 29.2 Å². The minimum absolute atomic E-state index is 0. The van der Waals surface area contributed by atoms with E-state index in [1.165, 1.54) is 6.42 Å². The summed E-state index contributed by atoms with van der Waals surface area (Å²) in [6.07, 6.45) is 6.11. The molecule has 3 heterocycles. The first-order valence-electron chi connectivity index (χ1n) is 9.33. The fraction of sp³-hybridized carbons (Fsp3) is 0.500. The van der Waals surface area contributed by atoms with Gasteiger partial charge in [0.2, 0.25) is 5.91 Å². The number of aryl methyl sites for hydroxylation is 1. The number of piperidine rings is 1. The first-order valence-corrected chi connectivity index (χ1v) is 9.71. The standard InChI is InChI=1S/C20H24ClN3O2.2ClH/c21-16-4-2-1-3-15(16)17-13-23-18(26-17)5-6-19(25)24-11-8-20(9-12-24)7-10-22-14-20;;/h1-4,13,22H,5-12,14H2;2*1H. The number of carbonyl (C=O) groups is 1. The smallest absolute Gasteiger partial charge is 0.223 e. The van der Waals surface area contributed by atoms with Gasteiger partial charge < -0.3 is 14.6 Å². The second-order valence-corrected chi connectivity index (χ2v) is 7.81. The Morgan fingerprint density at radius 1 is 1.21 bits per heavy atom. The molecular formula is C20H26Cl3N3O2. The summed E-state index contributed by atoms with van der Waals surface area (Å²) in [5.41, 5.74) is 1.26. The quantitative estimate of drug-likeness (QED) is 0.757. The number of halogens is 3. The zero-order valence-corrected chi connectivity index (χ0v) is 18.0. The molecule has 0 saturated carbocycles. The molecule has 2 aromatic rings. The van der Waals surface area contributed by atoms with E-state index >= 15 is 0 Å². The topological polar surface area (TPSA) is 58.4 Å². The summed E-state index contributed by atoms with van der Waals surface area (Å²) in [7, 11) is 0. The summed E-state index contributed by atoms with van der Waals surface area (Å²) in [6, 6.07) is 7.52. The Labute approximate surface area is 183 Å². The highest BCUT2D eigenvalue weighted by Gasteiger charge is 2.37. The summed E-state index contributed by atoms with van der Waals surface area (Å²) in [5, 5.41) is 4.09. The van der Waals surface area contributed by atoms with Gasteiger partial charge in [-0.05, 0) is 43.4 Å². The van der Waals surface area contributed by atoms with Gasteiger partial charge in [0.1, 0.15) is 0 Å². The zero-order valence-electron chi connectivity index (χ0n) is 15.7. The molecule has 0 unspecified atom stereocenters. The maximum Gasteiger partial charge on any atom is 0.223 e. The first kappa shape index (κ1) is 23.0. The molecule has 4 rings (SSSR count). The van der Waals surface area contributed by atoms with Crippen molar-refractivity contribution in [3.05, 3.63) is 41.4 Å². The summed E-state index contributed by atoms with van der Waals surface area (Å²) in [6.45, 7) is 3.97. The van der Waals surface area contributed by atoms with E-state index in [0.29, 0.717) is 34.9 Å². The molecule has 2 aliphatic heterocycles. The van der Waals surface area contributed by atoms with Crippen LogP contribution in [-0.2, 0) is 11.2 Å². The van der Waals surface area contributed by atoms with Crippen LogP contribution in [0.5, 0.6) is 0 Å². The monoisotopic (exact) mass is 445 g/mol. The molecule has 1 amide bonds. The molecule has 2 aliphatic rings. The Morgan fingerprint density at radius 3 is 2.64 bits per heavy atom. The Balaban J connectivity index is 0.00000140. The van der Waals surface area contributed by atoms with Crippen molar-refractivity contribution in [2.75, 3.05) is 26.2 Å². The molecule has 0 radical (unpaired) electrons. The van der Waals surface area contributed by atoms with Crippen LogP contribution in [0.3, 0.4) is 0 Å². The molecule has 28 heavy (non-hydrogen) atoms. The summed E-state index contributed by atoms with van der Waals surface area (Å²) >= 11 is 6.20. The van der Waals surface area contributed by atoms with Crippen molar-refractivity contribution in [3.63, 3.8) is 0 Å². The number of benzene rings is 1. The van der Waals surface area contributed by atoms with Gasteiger partial charge in [0, 0.05) is 38.0 Å². The Hall–Kier alpha value is -1.27. The van der Waals surface area contributed by atoms with Gasteiger partial charge >= 0.3 is 0 Å². The third-order valence-electron chi connectivity index (χ3n) is 5.75. The Bertz CT molecular complexity index is 781. The van der Waals surface area contributed by atoms with E-state index in [4.69, 9.17) is 16.0 Å². The lowest BCUT2D eigenvalue weighted by atomic mass is 9.78. The molecule has 1 spiro atoms. The number of likely N-dealkylation sites (tertiary alicyclic amines) is 1. The van der Waals surface area contributed by atoms with Crippen LogP contribution in [0.2, 0.25) is 5.02 Å². The van der Waals surface area contributed by atoms with Crippen molar-refractivity contribution in [1.82, 2.24) is 15.2 Å². The van der Waals surface area contributed by atoms with Gasteiger partial charge in [-0.25, -0.2) is 4.98 Å². The molecule has 8 heteroatoms. The lowest BCUT2D eigenvalue weighted by molar-refractivity contribution is -0.133. The normalized spacial score (nSPS) is 17.8. The molecule has 0 atom stereocenters. The average molecular weight is 447 g/mol. The average Bonchev–Trinajstić information content (AvgIpc) is 3.31. The lowest BCUT2D eigenvalue weighted by Crippen LogP contribution is -2.44. The van der Waals surface area contributed by atoms with Crippen LogP contribution in [0, 0.1) is 5.41 Å². The summed E-state index contributed by atoms with van der Waals surface area (Å²) < 4.78 is 5.79. The van der Waals surface area contributed by atoms with Gasteiger partial charge in [0.25, 0.3) is 0 Å². The molecule has 1 aromatic heterocycles. The molecule has 1 N–H and O–H groups in total. The van der Waals surface area contributed by atoms with E-state index < -0.39 is 0 Å². The van der Waals surface area contributed by atoms with Crippen LogP contribution in [0.1, 0.15) is 31.6 Å². The molecule has 0 aliphatic carbocycles.